The van der Waals surface area contributed by atoms with E-state index in [0.29, 0.717) is 12.4 Å². The van der Waals surface area contributed by atoms with E-state index >= 15 is 0 Å². The lowest BCUT2D eigenvalue weighted by Crippen LogP contribution is -2.09. The monoisotopic (exact) mass is 414 g/mol. The lowest BCUT2D eigenvalue weighted by atomic mass is 10.1. The van der Waals surface area contributed by atoms with Gasteiger partial charge < -0.3 is 14.6 Å². The van der Waals surface area contributed by atoms with E-state index < -0.39 is 23.3 Å². The second kappa shape index (κ2) is 12.4. The largest absolute Gasteiger partial charge is 0.494 e. The molecule has 0 radical (unpaired) electrons. The highest BCUT2D eigenvalue weighted by Crippen LogP contribution is 2.19. The molecule has 2 rings (SSSR count). The van der Waals surface area contributed by atoms with Crippen LogP contribution in [0.4, 0.5) is 4.39 Å². The summed E-state index contributed by atoms with van der Waals surface area (Å²) >= 11 is 0. The third kappa shape index (κ3) is 7.70. The van der Waals surface area contributed by atoms with Gasteiger partial charge in [-0.3, -0.25) is 0 Å². The van der Waals surface area contributed by atoms with E-state index in [0.717, 1.165) is 31.4 Å². The fourth-order valence-electron chi connectivity index (χ4n) is 2.87. The number of benzene rings is 2. The van der Waals surface area contributed by atoms with Gasteiger partial charge in [-0.15, -0.1) is 6.58 Å². The molecule has 0 spiro atoms. The summed E-state index contributed by atoms with van der Waals surface area (Å²) in [6, 6.07) is 9.66. The number of ether oxygens (including phenoxy) is 2. The smallest absolute Gasteiger partial charge is 0.343 e. The standard InChI is InChI=1S/C24H27FO5/c1-2-3-4-5-6-7-8-9-16-29-19-12-10-18(11-13-19)24(28)30-20-14-15-21(23(26)27)22(25)17-20/h2,10-15,17H,1,3-9,16H2,(H,26,27). The molecular weight excluding hydrogens is 387 g/mol. The number of esters is 1. The third-order valence-electron chi connectivity index (χ3n) is 4.54. The second-order valence-corrected chi connectivity index (χ2v) is 6.91. The quantitative estimate of drug-likeness (QED) is 0.187. The number of hydrogen-bond donors (Lipinski definition) is 1. The van der Waals surface area contributed by atoms with Crippen LogP contribution in [0.3, 0.4) is 0 Å². The van der Waals surface area contributed by atoms with Crippen molar-refractivity contribution in [3.8, 4) is 11.5 Å². The van der Waals surface area contributed by atoms with Crippen molar-refractivity contribution in [1.82, 2.24) is 0 Å². The molecule has 2 aromatic rings. The minimum Gasteiger partial charge on any atom is -0.494 e. The molecule has 1 N–H and O–H groups in total. The van der Waals surface area contributed by atoms with Crippen molar-refractivity contribution in [2.45, 2.75) is 44.9 Å². The molecule has 5 nitrogen and oxygen atoms in total. The predicted octanol–water partition coefficient (Wildman–Crippen LogP) is 6.04. The SMILES string of the molecule is C=CCCCCCCCCOc1ccc(C(=O)Oc2ccc(C(=O)O)c(F)c2)cc1. The van der Waals surface area contributed by atoms with Crippen LogP contribution >= 0.6 is 0 Å². The van der Waals surface area contributed by atoms with Gasteiger partial charge in [0.25, 0.3) is 0 Å². The Kier molecular flexibility index (Phi) is 9.58. The lowest BCUT2D eigenvalue weighted by molar-refractivity contribution is 0.0691. The van der Waals surface area contributed by atoms with E-state index in [1.54, 1.807) is 24.3 Å². The van der Waals surface area contributed by atoms with E-state index in [2.05, 4.69) is 6.58 Å². The van der Waals surface area contributed by atoms with Crippen molar-refractivity contribution in [2.75, 3.05) is 6.61 Å². The molecule has 0 saturated carbocycles. The molecule has 0 aliphatic heterocycles. The van der Waals surface area contributed by atoms with E-state index in [4.69, 9.17) is 14.6 Å². The number of allylic oxidation sites excluding steroid dienone is 1. The van der Waals surface area contributed by atoms with Gasteiger partial charge in [0.2, 0.25) is 0 Å². The van der Waals surface area contributed by atoms with Crippen LogP contribution in [0.1, 0.15) is 65.7 Å². The summed E-state index contributed by atoms with van der Waals surface area (Å²) in [5.41, 5.74) is -0.200. The Labute approximate surface area is 176 Å². The fraction of sp³-hybridized carbons (Fsp3) is 0.333. The van der Waals surface area contributed by atoms with Gasteiger partial charge in [0.05, 0.1) is 17.7 Å². The molecule has 30 heavy (non-hydrogen) atoms. The van der Waals surface area contributed by atoms with Gasteiger partial charge in [0.1, 0.15) is 17.3 Å². The number of carboxylic acid groups (broad SMARTS) is 1. The van der Waals surface area contributed by atoms with Crippen molar-refractivity contribution < 1.29 is 28.6 Å². The number of halogens is 1. The maximum Gasteiger partial charge on any atom is 0.343 e. The normalized spacial score (nSPS) is 10.4. The lowest BCUT2D eigenvalue weighted by Gasteiger charge is -2.08. The van der Waals surface area contributed by atoms with Crippen LogP contribution in [0.5, 0.6) is 11.5 Å². The van der Waals surface area contributed by atoms with Crippen LogP contribution in [0, 0.1) is 5.82 Å². The van der Waals surface area contributed by atoms with Gasteiger partial charge in [-0.2, -0.15) is 0 Å². The van der Waals surface area contributed by atoms with Gasteiger partial charge >= 0.3 is 11.9 Å². The van der Waals surface area contributed by atoms with Crippen molar-refractivity contribution in [3.05, 3.63) is 72.1 Å². The maximum absolute atomic E-state index is 13.7. The van der Waals surface area contributed by atoms with Crippen LogP contribution in [0.15, 0.2) is 55.1 Å². The molecule has 160 valence electrons. The van der Waals surface area contributed by atoms with E-state index in [1.807, 2.05) is 6.08 Å². The number of aromatic carboxylic acids is 1. The molecule has 0 saturated heterocycles. The van der Waals surface area contributed by atoms with Crippen molar-refractivity contribution in [1.29, 1.82) is 0 Å². The Hall–Kier alpha value is -3.15. The molecule has 0 bridgehead atoms. The zero-order valence-corrected chi connectivity index (χ0v) is 16.9. The Morgan fingerprint density at radius 3 is 2.20 bits per heavy atom. The van der Waals surface area contributed by atoms with E-state index in [9.17, 15) is 14.0 Å². The highest BCUT2D eigenvalue weighted by Gasteiger charge is 2.14. The van der Waals surface area contributed by atoms with Gasteiger partial charge in [-0.05, 0) is 55.7 Å². The predicted molar refractivity (Wildman–Crippen MR) is 113 cm³/mol. The van der Waals surface area contributed by atoms with Gasteiger partial charge in [0, 0.05) is 6.07 Å². The van der Waals surface area contributed by atoms with E-state index in [-0.39, 0.29) is 11.3 Å². The summed E-state index contributed by atoms with van der Waals surface area (Å²) in [5, 5.41) is 8.82. The molecule has 2 aromatic carbocycles. The van der Waals surface area contributed by atoms with E-state index in [1.165, 1.54) is 31.7 Å². The zero-order chi connectivity index (χ0) is 21.8. The number of carboxylic acids is 1. The molecule has 0 aliphatic carbocycles. The summed E-state index contributed by atoms with van der Waals surface area (Å²) in [4.78, 5) is 23.0. The number of hydrogen-bond acceptors (Lipinski definition) is 4. The van der Waals surface area contributed by atoms with Crippen LogP contribution < -0.4 is 9.47 Å². The Morgan fingerprint density at radius 2 is 1.57 bits per heavy atom. The molecule has 0 fully saturated rings. The molecule has 0 atom stereocenters. The van der Waals surface area contributed by atoms with Gasteiger partial charge in [-0.25, -0.2) is 14.0 Å². The second-order valence-electron chi connectivity index (χ2n) is 6.91. The minimum absolute atomic E-state index is 0.0627. The van der Waals surface area contributed by atoms with Crippen molar-refractivity contribution in [2.24, 2.45) is 0 Å². The summed E-state index contributed by atoms with van der Waals surface area (Å²) in [6.45, 7) is 4.34. The van der Waals surface area contributed by atoms with Crippen molar-refractivity contribution in [3.63, 3.8) is 0 Å². The maximum atomic E-state index is 13.7. The van der Waals surface area contributed by atoms with Crippen LogP contribution in [0.2, 0.25) is 0 Å². The van der Waals surface area contributed by atoms with Crippen molar-refractivity contribution >= 4 is 11.9 Å². The number of carbonyl (C=O) groups is 2. The number of unbranched alkanes of at least 4 members (excludes halogenated alkanes) is 6. The molecule has 0 aliphatic rings. The molecule has 6 heteroatoms. The Bertz CT molecular complexity index is 845. The van der Waals surface area contributed by atoms with Crippen LogP contribution in [-0.4, -0.2) is 23.7 Å². The number of carbonyl (C=O) groups excluding carboxylic acids is 1. The fourth-order valence-corrected chi connectivity index (χ4v) is 2.87. The minimum atomic E-state index is -1.38. The first-order valence-corrected chi connectivity index (χ1v) is 10.1. The average Bonchev–Trinajstić information content (AvgIpc) is 2.72. The molecule has 0 unspecified atom stereocenters. The van der Waals surface area contributed by atoms with Crippen LogP contribution in [-0.2, 0) is 0 Å². The third-order valence-corrected chi connectivity index (χ3v) is 4.54. The Morgan fingerprint density at radius 1 is 0.933 bits per heavy atom. The van der Waals surface area contributed by atoms with Gasteiger partial charge in [0.15, 0.2) is 0 Å². The molecule has 0 heterocycles. The molecular formula is C24H27FO5. The molecule has 0 amide bonds. The summed E-state index contributed by atoms with van der Waals surface area (Å²) < 4.78 is 24.5. The molecule has 0 aromatic heterocycles. The Balaban J connectivity index is 1.73. The first-order chi connectivity index (χ1) is 14.5. The highest BCUT2D eigenvalue weighted by atomic mass is 19.1. The first-order valence-electron chi connectivity index (χ1n) is 10.1. The van der Waals surface area contributed by atoms with Gasteiger partial charge in [-0.1, -0.05) is 31.8 Å². The average molecular weight is 414 g/mol. The highest BCUT2D eigenvalue weighted by molar-refractivity contribution is 5.91. The zero-order valence-electron chi connectivity index (χ0n) is 16.9. The number of rotatable bonds is 13. The topological polar surface area (TPSA) is 72.8 Å². The summed E-state index contributed by atoms with van der Waals surface area (Å²) in [6.07, 6.45) is 10.0. The first kappa shape index (κ1) is 23.1. The van der Waals surface area contributed by atoms with Crippen LogP contribution in [0.25, 0.3) is 0 Å². The summed E-state index contributed by atoms with van der Waals surface area (Å²) in [5.74, 6) is -2.42. The summed E-state index contributed by atoms with van der Waals surface area (Å²) in [7, 11) is 0.